The van der Waals surface area contributed by atoms with E-state index in [9.17, 15) is 26.3 Å². The monoisotopic (exact) mass is 683 g/mol. The number of piperidine rings is 1. The molecule has 16 heteroatoms. The van der Waals surface area contributed by atoms with Crippen LogP contribution in [0.3, 0.4) is 0 Å². The van der Waals surface area contributed by atoms with Gasteiger partial charge in [0.15, 0.2) is 5.82 Å². The number of hydrogen-bond donors (Lipinski definition) is 3. The van der Waals surface area contributed by atoms with Crippen LogP contribution in [0.4, 0.5) is 42.2 Å². The van der Waals surface area contributed by atoms with Gasteiger partial charge in [0.25, 0.3) is 5.92 Å². The maximum absolute atomic E-state index is 16.7. The first-order chi connectivity index (χ1) is 22.7. The van der Waals surface area contributed by atoms with Crippen LogP contribution >= 0.6 is 0 Å². The zero-order valence-corrected chi connectivity index (χ0v) is 26.4. The quantitative estimate of drug-likeness (QED) is 0.163. The van der Waals surface area contributed by atoms with E-state index in [1.54, 1.807) is 13.0 Å². The number of nitrogens with two attached hydrogens (primary N) is 1. The Bertz CT molecular complexity index is 1720. The summed E-state index contributed by atoms with van der Waals surface area (Å²) in [5, 5.41) is 6.37. The normalized spacial score (nSPS) is 24.7. The number of pyridine rings is 1. The van der Waals surface area contributed by atoms with Crippen molar-refractivity contribution in [1.82, 2.24) is 25.2 Å². The van der Waals surface area contributed by atoms with Gasteiger partial charge in [-0.25, -0.2) is 22.5 Å². The Morgan fingerprint density at radius 3 is 2.67 bits per heavy atom. The molecule has 0 amide bonds. The summed E-state index contributed by atoms with van der Waals surface area (Å²) in [6.07, 6.45) is -2.88. The molecule has 9 nitrogen and oxygen atoms in total. The van der Waals surface area contributed by atoms with E-state index in [-0.39, 0.29) is 73.8 Å². The summed E-state index contributed by atoms with van der Waals surface area (Å²) in [6, 6.07) is -0.370. The Balaban J connectivity index is 1.49. The number of nitrogens with one attached hydrogen (secondary N) is 2. The Morgan fingerprint density at radius 2 is 1.94 bits per heavy atom. The summed E-state index contributed by atoms with van der Waals surface area (Å²) in [7, 11) is 0. The second-order valence-electron chi connectivity index (χ2n) is 12.6. The number of anilines is 2. The third kappa shape index (κ3) is 6.56. The largest absolute Gasteiger partial charge is 0.474 e. The average Bonchev–Trinajstić information content (AvgIpc) is 3.40. The van der Waals surface area contributed by atoms with Crippen LogP contribution in [-0.2, 0) is 6.18 Å². The van der Waals surface area contributed by atoms with E-state index >= 15 is 4.39 Å². The van der Waals surface area contributed by atoms with Crippen molar-refractivity contribution in [3.63, 3.8) is 0 Å². The summed E-state index contributed by atoms with van der Waals surface area (Å²) in [6.45, 7) is 7.37. The Morgan fingerprint density at radius 1 is 1.17 bits per heavy atom. The molecule has 2 saturated heterocycles. The van der Waals surface area contributed by atoms with Crippen LogP contribution in [0.1, 0.15) is 50.2 Å². The molecule has 2 aromatic heterocycles. The number of hydrogen-bond acceptors (Lipinski definition) is 9. The number of nitrogens with zero attached hydrogens (tertiary/aromatic N) is 4. The van der Waals surface area contributed by atoms with Crippen molar-refractivity contribution in [2.24, 2.45) is 0 Å². The van der Waals surface area contributed by atoms with E-state index in [0.29, 0.717) is 31.9 Å². The molecule has 6 rings (SSSR count). The Labute approximate surface area is 272 Å². The third-order valence-electron chi connectivity index (χ3n) is 9.29. The second-order valence-corrected chi connectivity index (χ2v) is 12.6. The van der Waals surface area contributed by atoms with Crippen LogP contribution in [-0.4, -0.2) is 76.2 Å². The molecule has 3 aromatic rings. The molecule has 4 N–H and O–H groups in total. The highest BCUT2D eigenvalue weighted by Crippen LogP contribution is 2.45. The van der Waals surface area contributed by atoms with Gasteiger partial charge in [-0.1, -0.05) is 6.08 Å². The summed E-state index contributed by atoms with van der Waals surface area (Å²) < 4.78 is 115. The molecule has 3 aliphatic heterocycles. The van der Waals surface area contributed by atoms with Crippen molar-refractivity contribution in [3.8, 4) is 23.1 Å². The van der Waals surface area contributed by atoms with Crippen LogP contribution in [0.15, 0.2) is 18.7 Å². The van der Waals surface area contributed by atoms with Crippen LogP contribution < -0.4 is 25.8 Å². The average molecular weight is 684 g/mol. The summed E-state index contributed by atoms with van der Waals surface area (Å²) in [4.78, 5) is 15.0. The molecule has 0 aliphatic carbocycles. The lowest BCUT2D eigenvalue weighted by Crippen LogP contribution is -2.48. The smallest absolute Gasteiger partial charge is 0.417 e. The molecular formula is C32H36F7N7O2. The number of aromatic nitrogens is 3. The fraction of sp³-hybridized carbons (Fsp3) is 0.531. The van der Waals surface area contributed by atoms with Crippen molar-refractivity contribution in [3.05, 3.63) is 41.5 Å². The van der Waals surface area contributed by atoms with Crippen LogP contribution in [0, 0.1) is 18.6 Å². The van der Waals surface area contributed by atoms with Gasteiger partial charge < -0.3 is 25.8 Å². The molecule has 5 heterocycles. The highest BCUT2D eigenvalue weighted by Gasteiger charge is 2.46. The zero-order valence-electron chi connectivity index (χ0n) is 26.4. The molecule has 0 spiro atoms. The number of benzene rings is 1. The number of alkyl halides is 5. The van der Waals surface area contributed by atoms with Gasteiger partial charge in [-0.05, 0) is 51.3 Å². The standard InChI is InChI=1S/C32H36F7N7O2/c1-4-17-13-42-28-22-27(44-30(45-28)47-14-19-6-5-18-12-31(35,36)8-10-46(18)19)25(34)26(43-29(22)48-15(2)7-9-41-17)20-11-21(40)24(33)16(3)23(20)32(37,38)39/h4,11,15,17-19,41H,1,5-10,12-14,40H2,2-3H3,(H,42,44,45)/t15-,17?,18-,19?/m0/s1. The van der Waals surface area contributed by atoms with Crippen molar-refractivity contribution in [2.75, 3.05) is 37.3 Å². The summed E-state index contributed by atoms with van der Waals surface area (Å²) in [5.41, 5.74) is 0.808. The Hall–Kier alpha value is -3.92. The number of ether oxygens (including phenoxy) is 2. The van der Waals surface area contributed by atoms with E-state index in [2.05, 4.69) is 32.2 Å². The predicted molar refractivity (Wildman–Crippen MR) is 165 cm³/mol. The van der Waals surface area contributed by atoms with Gasteiger partial charge in [-0.2, -0.15) is 23.1 Å². The van der Waals surface area contributed by atoms with Gasteiger partial charge in [0.1, 0.15) is 34.8 Å². The molecule has 0 bridgehead atoms. The van der Waals surface area contributed by atoms with E-state index in [1.165, 1.54) is 0 Å². The van der Waals surface area contributed by atoms with Gasteiger partial charge in [0.2, 0.25) is 5.88 Å². The molecule has 2 fully saturated rings. The molecule has 0 saturated carbocycles. The van der Waals surface area contributed by atoms with Crippen molar-refractivity contribution in [1.29, 1.82) is 0 Å². The first kappa shape index (κ1) is 34.0. The second kappa shape index (κ2) is 12.8. The topological polar surface area (TPSA) is 110 Å². The van der Waals surface area contributed by atoms with E-state index in [1.807, 2.05) is 4.90 Å². The first-order valence-electron chi connectivity index (χ1n) is 15.8. The summed E-state index contributed by atoms with van der Waals surface area (Å²) >= 11 is 0. The molecule has 48 heavy (non-hydrogen) atoms. The van der Waals surface area contributed by atoms with E-state index in [4.69, 9.17) is 15.2 Å². The number of fused-ring (bicyclic) bond motifs is 1. The van der Waals surface area contributed by atoms with Crippen molar-refractivity contribution < 1.29 is 40.2 Å². The maximum atomic E-state index is 16.7. The van der Waals surface area contributed by atoms with Gasteiger partial charge >= 0.3 is 12.2 Å². The summed E-state index contributed by atoms with van der Waals surface area (Å²) in [5.74, 6) is -5.47. The lowest BCUT2D eigenvalue weighted by molar-refractivity contribution is -0.137. The van der Waals surface area contributed by atoms with E-state index < -0.39 is 63.4 Å². The van der Waals surface area contributed by atoms with Gasteiger partial charge in [0.05, 0.1) is 17.4 Å². The lowest BCUT2D eigenvalue weighted by Gasteiger charge is -2.37. The third-order valence-corrected chi connectivity index (χ3v) is 9.29. The van der Waals surface area contributed by atoms with E-state index in [0.717, 1.165) is 6.92 Å². The minimum Gasteiger partial charge on any atom is -0.474 e. The lowest BCUT2D eigenvalue weighted by atomic mass is 9.96. The van der Waals surface area contributed by atoms with Crippen molar-refractivity contribution >= 4 is 22.4 Å². The molecule has 4 atom stereocenters. The minimum atomic E-state index is -5.10. The van der Waals surface area contributed by atoms with Crippen molar-refractivity contribution in [2.45, 2.75) is 82.3 Å². The van der Waals surface area contributed by atoms with Gasteiger partial charge in [-0.3, -0.25) is 4.90 Å². The minimum absolute atomic E-state index is 0.00964. The van der Waals surface area contributed by atoms with Crippen LogP contribution in [0.2, 0.25) is 0 Å². The molecule has 260 valence electrons. The van der Waals surface area contributed by atoms with Crippen LogP contribution in [0.25, 0.3) is 22.2 Å². The molecular weight excluding hydrogens is 647 g/mol. The van der Waals surface area contributed by atoms with Crippen LogP contribution in [0.5, 0.6) is 11.9 Å². The fourth-order valence-corrected chi connectivity index (χ4v) is 6.80. The number of halogens is 7. The highest BCUT2D eigenvalue weighted by molar-refractivity contribution is 5.96. The predicted octanol–water partition coefficient (Wildman–Crippen LogP) is 6.25. The maximum Gasteiger partial charge on any atom is 0.417 e. The number of nitrogen functional groups attached to an aromatic ring is 1. The number of rotatable bonds is 5. The molecule has 2 unspecified atom stereocenters. The molecule has 0 radical (unpaired) electrons. The molecule has 1 aromatic carbocycles. The SMILES string of the molecule is C=CC1CNc2nc(OCC3CC[C@H]4CC(F)(F)CCN34)nc3c(F)c(-c4cc(N)c(F)c(C)c4C(F)(F)F)nc(c23)O[C@@H](C)CCN1. The fourth-order valence-electron chi connectivity index (χ4n) is 6.80. The molecule has 3 aliphatic rings. The van der Waals surface area contributed by atoms with Gasteiger partial charge in [0, 0.05) is 49.6 Å². The first-order valence-corrected chi connectivity index (χ1v) is 15.8. The highest BCUT2D eigenvalue weighted by atomic mass is 19.4. The van der Waals surface area contributed by atoms with Gasteiger partial charge in [-0.15, -0.1) is 6.58 Å². The zero-order chi connectivity index (χ0) is 34.5. The Kier molecular flexibility index (Phi) is 9.08.